The second kappa shape index (κ2) is 8.92. The lowest BCUT2D eigenvalue weighted by atomic mass is 10.0. The highest BCUT2D eigenvalue weighted by Gasteiger charge is 2.26. The molecule has 0 amide bonds. The lowest BCUT2D eigenvalue weighted by Crippen LogP contribution is -2.31. The summed E-state index contributed by atoms with van der Waals surface area (Å²) >= 11 is 0. The van der Waals surface area contributed by atoms with E-state index in [0.29, 0.717) is 12.3 Å². The van der Waals surface area contributed by atoms with Crippen LogP contribution in [0.3, 0.4) is 0 Å². The van der Waals surface area contributed by atoms with Gasteiger partial charge in [0.1, 0.15) is 0 Å². The van der Waals surface area contributed by atoms with Gasteiger partial charge in [0.15, 0.2) is 9.84 Å². The van der Waals surface area contributed by atoms with Gasteiger partial charge in [0, 0.05) is 6.54 Å². The van der Waals surface area contributed by atoms with E-state index < -0.39 is 9.84 Å². The van der Waals surface area contributed by atoms with Crippen LogP contribution in [0.25, 0.3) is 0 Å². The molecule has 3 nitrogen and oxygen atoms in total. The van der Waals surface area contributed by atoms with Gasteiger partial charge in [0.05, 0.1) is 11.0 Å². The second-order valence-corrected chi connectivity index (χ2v) is 7.84. The van der Waals surface area contributed by atoms with E-state index in [9.17, 15) is 8.42 Å². The summed E-state index contributed by atoms with van der Waals surface area (Å²) in [6.07, 6.45) is 10.1. The Bertz CT molecular complexity index is 295. The van der Waals surface area contributed by atoms with Crippen molar-refractivity contribution < 1.29 is 8.42 Å². The Labute approximate surface area is 113 Å². The quantitative estimate of drug-likeness (QED) is 0.658. The molecule has 18 heavy (non-hydrogen) atoms. The van der Waals surface area contributed by atoms with Crippen molar-refractivity contribution >= 4 is 9.84 Å². The first-order chi connectivity index (χ1) is 8.67. The van der Waals surface area contributed by atoms with Crippen molar-refractivity contribution in [2.45, 2.75) is 70.0 Å². The lowest BCUT2D eigenvalue weighted by Gasteiger charge is -2.21. The minimum Gasteiger partial charge on any atom is -0.316 e. The second-order valence-electron chi connectivity index (χ2n) is 5.44. The van der Waals surface area contributed by atoms with Crippen LogP contribution in [-0.4, -0.2) is 32.5 Å². The number of sulfone groups is 1. The maximum absolute atomic E-state index is 12.1. The van der Waals surface area contributed by atoms with Gasteiger partial charge in [-0.25, -0.2) is 8.42 Å². The van der Waals surface area contributed by atoms with E-state index in [1.165, 1.54) is 25.7 Å². The number of nitrogens with one attached hydrogen (secondary N) is 1. The summed E-state index contributed by atoms with van der Waals surface area (Å²) in [6.45, 7) is 3.79. The largest absolute Gasteiger partial charge is 0.316 e. The third-order valence-corrected chi connectivity index (χ3v) is 6.09. The molecule has 1 aliphatic carbocycles. The zero-order chi connectivity index (χ0) is 13.3. The Hall–Kier alpha value is -0.0900. The molecule has 0 aromatic carbocycles. The summed E-state index contributed by atoms with van der Waals surface area (Å²) in [7, 11) is -2.84. The van der Waals surface area contributed by atoms with Crippen LogP contribution in [-0.2, 0) is 9.84 Å². The maximum Gasteiger partial charge on any atom is 0.154 e. The third kappa shape index (κ3) is 6.19. The van der Waals surface area contributed by atoms with Gasteiger partial charge in [0.2, 0.25) is 0 Å². The summed E-state index contributed by atoms with van der Waals surface area (Å²) in [5, 5.41) is 3.21. The molecule has 0 atom stereocenters. The van der Waals surface area contributed by atoms with Crippen LogP contribution in [0.5, 0.6) is 0 Å². The highest BCUT2D eigenvalue weighted by molar-refractivity contribution is 7.92. The molecule has 108 valence electrons. The van der Waals surface area contributed by atoms with Crippen molar-refractivity contribution in [2.24, 2.45) is 0 Å². The van der Waals surface area contributed by atoms with Crippen molar-refractivity contribution in [3.05, 3.63) is 0 Å². The molecule has 1 fully saturated rings. The number of hydrogen-bond donors (Lipinski definition) is 1. The summed E-state index contributed by atoms with van der Waals surface area (Å²) in [4.78, 5) is 0. The zero-order valence-electron chi connectivity index (χ0n) is 11.8. The summed E-state index contributed by atoms with van der Waals surface area (Å²) in [5.74, 6) is 0.325. The summed E-state index contributed by atoms with van der Waals surface area (Å²) in [6, 6.07) is 0. The molecule has 4 heteroatoms. The molecule has 1 N–H and O–H groups in total. The first kappa shape index (κ1) is 16.0. The Balaban J connectivity index is 2.09. The Kier molecular flexibility index (Phi) is 7.91. The molecule has 0 bridgehead atoms. The van der Waals surface area contributed by atoms with E-state index >= 15 is 0 Å². The Morgan fingerprint density at radius 1 is 1.00 bits per heavy atom. The smallest absolute Gasteiger partial charge is 0.154 e. The zero-order valence-corrected chi connectivity index (χ0v) is 12.6. The minimum atomic E-state index is -2.84. The van der Waals surface area contributed by atoms with Gasteiger partial charge in [-0.2, -0.15) is 0 Å². The Morgan fingerprint density at radius 2 is 1.72 bits per heavy atom. The molecular weight excluding hydrogens is 246 g/mol. The molecule has 0 heterocycles. The van der Waals surface area contributed by atoms with E-state index in [4.69, 9.17) is 0 Å². The predicted octanol–water partition coefficient (Wildman–Crippen LogP) is 2.90. The monoisotopic (exact) mass is 275 g/mol. The van der Waals surface area contributed by atoms with E-state index in [2.05, 4.69) is 12.2 Å². The van der Waals surface area contributed by atoms with Gasteiger partial charge in [0.25, 0.3) is 0 Å². The van der Waals surface area contributed by atoms with Crippen molar-refractivity contribution in [1.82, 2.24) is 5.32 Å². The van der Waals surface area contributed by atoms with Gasteiger partial charge in [-0.15, -0.1) is 0 Å². The van der Waals surface area contributed by atoms with Gasteiger partial charge in [-0.3, -0.25) is 0 Å². The molecule has 0 spiro atoms. The van der Waals surface area contributed by atoms with E-state index in [1.807, 2.05) is 0 Å². The highest BCUT2D eigenvalue weighted by atomic mass is 32.2. The van der Waals surface area contributed by atoms with Crippen LogP contribution < -0.4 is 5.32 Å². The number of rotatable bonds is 9. The van der Waals surface area contributed by atoms with Crippen molar-refractivity contribution in [3.8, 4) is 0 Å². The molecule has 0 saturated heterocycles. The fraction of sp³-hybridized carbons (Fsp3) is 1.00. The van der Waals surface area contributed by atoms with Crippen LogP contribution in [0.1, 0.15) is 64.7 Å². The van der Waals surface area contributed by atoms with E-state index in [-0.39, 0.29) is 5.25 Å². The molecule has 1 aliphatic rings. The van der Waals surface area contributed by atoms with E-state index in [0.717, 1.165) is 38.6 Å². The fourth-order valence-electron chi connectivity index (χ4n) is 2.61. The van der Waals surface area contributed by atoms with Crippen LogP contribution in [0.4, 0.5) is 0 Å². The lowest BCUT2D eigenvalue weighted by molar-refractivity contribution is 0.482. The van der Waals surface area contributed by atoms with Gasteiger partial charge in [-0.1, -0.05) is 45.4 Å². The average Bonchev–Trinajstić information content (AvgIpc) is 2.39. The van der Waals surface area contributed by atoms with Crippen LogP contribution in [0, 0.1) is 0 Å². The molecule has 0 aromatic rings. The predicted molar refractivity (Wildman–Crippen MR) is 77.7 cm³/mol. The average molecular weight is 275 g/mol. The first-order valence-corrected chi connectivity index (χ1v) is 9.30. The first-order valence-electron chi connectivity index (χ1n) is 7.59. The van der Waals surface area contributed by atoms with Gasteiger partial charge >= 0.3 is 0 Å². The summed E-state index contributed by atoms with van der Waals surface area (Å²) in [5.41, 5.74) is 0. The van der Waals surface area contributed by atoms with Crippen molar-refractivity contribution in [2.75, 3.05) is 18.8 Å². The third-order valence-electron chi connectivity index (χ3n) is 3.83. The molecule has 1 rings (SSSR count). The number of hydrogen-bond acceptors (Lipinski definition) is 3. The maximum atomic E-state index is 12.1. The van der Waals surface area contributed by atoms with Crippen molar-refractivity contribution in [1.29, 1.82) is 0 Å². The standard InChI is InChI=1S/C14H29NO2S/c1-2-3-4-8-11-15-12-13-18(16,17)14-9-6-5-7-10-14/h14-15H,2-13H2,1H3. The van der Waals surface area contributed by atoms with Crippen LogP contribution in [0.15, 0.2) is 0 Å². The number of unbranched alkanes of at least 4 members (excludes halogenated alkanes) is 3. The highest BCUT2D eigenvalue weighted by Crippen LogP contribution is 2.23. The van der Waals surface area contributed by atoms with Gasteiger partial charge in [-0.05, 0) is 25.8 Å². The normalized spacial score (nSPS) is 18.1. The van der Waals surface area contributed by atoms with E-state index in [1.54, 1.807) is 0 Å². The van der Waals surface area contributed by atoms with Crippen LogP contribution in [0.2, 0.25) is 0 Å². The van der Waals surface area contributed by atoms with Crippen molar-refractivity contribution in [3.63, 3.8) is 0 Å². The van der Waals surface area contributed by atoms with Crippen LogP contribution >= 0.6 is 0 Å². The molecule has 0 aromatic heterocycles. The SMILES string of the molecule is CCCCCCNCCS(=O)(=O)C1CCCCC1. The topological polar surface area (TPSA) is 46.2 Å². The molecule has 0 radical (unpaired) electrons. The molecule has 1 saturated carbocycles. The molecular formula is C14H29NO2S. The molecule has 0 aliphatic heterocycles. The molecule has 0 unspecified atom stereocenters. The fourth-order valence-corrected chi connectivity index (χ4v) is 4.42. The summed E-state index contributed by atoms with van der Waals surface area (Å²) < 4.78 is 24.2. The van der Waals surface area contributed by atoms with Gasteiger partial charge < -0.3 is 5.32 Å². The minimum absolute atomic E-state index is 0.0480. The Morgan fingerprint density at radius 3 is 2.39 bits per heavy atom.